The number of carbonyl (C=O) groups excluding carboxylic acids is 3. The summed E-state index contributed by atoms with van der Waals surface area (Å²) in [7, 11) is 0. The third-order valence-corrected chi connectivity index (χ3v) is 2.99. The van der Waals surface area contributed by atoms with Crippen molar-refractivity contribution in [2.24, 2.45) is 5.73 Å². The molecule has 0 atom stereocenters. The Labute approximate surface area is 137 Å². The SMILES string of the molecule is CC(=O)OC(C)(C)CC(=O)c1cc(OCC(N)=O)c(Cl)cc1F. The van der Waals surface area contributed by atoms with E-state index in [2.05, 4.69) is 0 Å². The Morgan fingerprint density at radius 2 is 1.91 bits per heavy atom. The number of halogens is 2. The van der Waals surface area contributed by atoms with Crippen LogP contribution in [0.25, 0.3) is 0 Å². The minimum atomic E-state index is -1.09. The Hall–Kier alpha value is -2.15. The van der Waals surface area contributed by atoms with Crippen molar-refractivity contribution in [3.8, 4) is 5.75 Å². The average molecular weight is 346 g/mol. The number of hydrogen-bond donors (Lipinski definition) is 1. The van der Waals surface area contributed by atoms with Crippen LogP contribution in [-0.2, 0) is 14.3 Å². The van der Waals surface area contributed by atoms with E-state index in [1.165, 1.54) is 20.8 Å². The minimum Gasteiger partial charge on any atom is -0.482 e. The van der Waals surface area contributed by atoms with Crippen molar-refractivity contribution in [1.29, 1.82) is 0 Å². The van der Waals surface area contributed by atoms with Crippen molar-refractivity contribution in [2.75, 3.05) is 6.61 Å². The summed E-state index contributed by atoms with van der Waals surface area (Å²) in [6.45, 7) is 3.82. The van der Waals surface area contributed by atoms with Gasteiger partial charge in [-0.3, -0.25) is 14.4 Å². The van der Waals surface area contributed by atoms with Crippen molar-refractivity contribution in [3.05, 3.63) is 28.5 Å². The van der Waals surface area contributed by atoms with Gasteiger partial charge in [0.2, 0.25) is 0 Å². The molecule has 6 nitrogen and oxygen atoms in total. The van der Waals surface area contributed by atoms with E-state index in [0.717, 1.165) is 12.1 Å². The second-order valence-electron chi connectivity index (χ2n) is 5.47. The second-order valence-corrected chi connectivity index (χ2v) is 5.88. The highest BCUT2D eigenvalue weighted by atomic mass is 35.5. The van der Waals surface area contributed by atoms with Gasteiger partial charge >= 0.3 is 5.97 Å². The summed E-state index contributed by atoms with van der Waals surface area (Å²) in [5, 5.41) is -0.0976. The molecule has 2 N–H and O–H groups in total. The van der Waals surface area contributed by atoms with Gasteiger partial charge in [-0.1, -0.05) is 11.6 Å². The Kier molecular flexibility index (Phi) is 6.09. The molecule has 0 saturated carbocycles. The van der Waals surface area contributed by atoms with Crippen LogP contribution in [0, 0.1) is 5.82 Å². The molecule has 0 unspecified atom stereocenters. The number of esters is 1. The molecule has 0 radical (unpaired) electrons. The van der Waals surface area contributed by atoms with Gasteiger partial charge in [-0.2, -0.15) is 0 Å². The molecule has 1 aromatic carbocycles. The molecule has 0 aromatic heterocycles. The highest BCUT2D eigenvalue weighted by molar-refractivity contribution is 6.32. The molecular formula is C15H17ClFNO5. The van der Waals surface area contributed by atoms with Crippen molar-refractivity contribution in [2.45, 2.75) is 32.8 Å². The van der Waals surface area contributed by atoms with Gasteiger partial charge in [-0.15, -0.1) is 0 Å². The van der Waals surface area contributed by atoms with Gasteiger partial charge in [0.15, 0.2) is 12.4 Å². The van der Waals surface area contributed by atoms with Crippen LogP contribution in [-0.4, -0.2) is 29.9 Å². The maximum atomic E-state index is 14.0. The second kappa shape index (κ2) is 7.41. The molecule has 0 heterocycles. The summed E-state index contributed by atoms with van der Waals surface area (Å²) < 4.78 is 24.0. The summed E-state index contributed by atoms with van der Waals surface area (Å²) in [6.07, 6.45) is -0.236. The zero-order valence-corrected chi connectivity index (χ0v) is 13.7. The van der Waals surface area contributed by atoms with Crippen LogP contribution in [0.1, 0.15) is 37.6 Å². The van der Waals surface area contributed by atoms with E-state index in [1.807, 2.05) is 0 Å². The van der Waals surface area contributed by atoms with E-state index in [0.29, 0.717) is 0 Å². The third-order valence-electron chi connectivity index (χ3n) is 2.70. The Balaban J connectivity index is 3.02. The fourth-order valence-electron chi connectivity index (χ4n) is 1.91. The van der Waals surface area contributed by atoms with Crippen molar-refractivity contribution in [1.82, 2.24) is 0 Å². The molecule has 0 aliphatic rings. The first-order chi connectivity index (χ1) is 10.5. The van der Waals surface area contributed by atoms with Crippen molar-refractivity contribution < 1.29 is 28.2 Å². The predicted molar refractivity (Wildman–Crippen MR) is 80.9 cm³/mol. The summed E-state index contributed by atoms with van der Waals surface area (Å²) in [5.74, 6) is -2.78. The normalized spacial score (nSPS) is 11.0. The molecule has 23 heavy (non-hydrogen) atoms. The molecule has 0 saturated heterocycles. The van der Waals surface area contributed by atoms with E-state index in [-0.39, 0.29) is 22.8 Å². The Bertz CT molecular complexity index is 645. The van der Waals surface area contributed by atoms with E-state index in [4.69, 9.17) is 26.8 Å². The first-order valence-corrected chi connectivity index (χ1v) is 7.02. The molecule has 0 fully saturated rings. The number of Topliss-reactive ketones (excluding diaryl/α,β-unsaturated/α-hetero) is 1. The van der Waals surface area contributed by atoms with Crippen LogP contribution in [0.2, 0.25) is 5.02 Å². The maximum absolute atomic E-state index is 14.0. The zero-order valence-electron chi connectivity index (χ0n) is 12.9. The number of ether oxygens (including phenoxy) is 2. The van der Waals surface area contributed by atoms with E-state index < -0.39 is 35.7 Å². The molecule has 8 heteroatoms. The van der Waals surface area contributed by atoms with Crippen LogP contribution in [0.4, 0.5) is 4.39 Å². The highest BCUT2D eigenvalue weighted by Crippen LogP contribution is 2.29. The van der Waals surface area contributed by atoms with E-state index in [1.54, 1.807) is 0 Å². The summed E-state index contributed by atoms with van der Waals surface area (Å²) in [6, 6.07) is 2.00. The van der Waals surface area contributed by atoms with Gasteiger partial charge in [0.25, 0.3) is 5.91 Å². The molecule has 1 rings (SSSR count). The lowest BCUT2D eigenvalue weighted by Gasteiger charge is -2.23. The van der Waals surface area contributed by atoms with Crippen molar-refractivity contribution in [3.63, 3.8) is 0 Å². The van der Waals surface area contributed by atoms with Crippen LogP contribution in [0.15, 0.2) is 12.1 Å². The van der Waals surface area contributed by atoms with Crippen molar-refractivity contribution >= 4 is 29.3 Å². The number of hydrogen-bond acceptors (Lipinski definition) is 5. The predicted octanol–water partition coefficient (Wildman–Crippen LogP) is 2.26. The van der Waals surface area contributed by atoms with E-state index >= 15 is 0 Å². The molecule has 126 valence electrons. The first kappa shape index (κ1) is 18.9. The van der Waals surface area contributed by atoms with Gasteiger partial charge in [0.05, 0.1) is 17.0 Å². The number of nitrogens with two attached hydrogens (primary N) is 1. The molecule has 1 amide bonds. The monoisotopic (exact) mass is 345 g/mol. The number of rotatable bonds is 7. The lowest BCUT2D eigenvalue weighted by Crippen LogP contribution is -2.30. The number of benzene rings is 1. The topological polar surface area (TPSA) is 95.7 Å². The third kappa shape index (κ3) is 5.86. The largest absolute Gasteiger partial charge is 0.482 e. The number of primary amides is 1. The molecule has 1 aromatic rings. The highest BCUT2D eigenvalue weighted by Gasteiger charge is 2.28. The molecule has 0 aliphatic heterocycles. The standard InChI is InChI=1S/C15H17ClFNO5/c1-8(19)23-15(2,3)6-12(20)9-4-13(22-7-14(18)21)10(16)5-11(9)17/h4-5H,6-7H2,1-3H3,(H2,18,21). The van der Waals surface area contributed by atoms with Crippen LogP contribution >= 0.6 is 11.6 Å². The molecular weight excluding hydrogens is 329 g/mol. The smallest absolute Gasteiger partial charge is 0.303 e. The molecule has 0 aliphatic carbocycles. The number of amides is 1. The number of ketones is 1. The Morgan fingerprint density at radius 3 is 2.43 bits per heavy atom. The average Bonchev–Trinajstić information content (AvgIpc) is 2.34. The van der Waals surface area contributed by atoms with Gasteiger partial charge in [0, 0.05) is 6.92 Å². The number of carbonyl (C=O) groups is 3. The lowest BCUT2D eigenvalue weighted by molar-refractivity contribution is -0.153. The summed E-state index contributed by atoms with van der Waals surface area (Å²) >= 11 is 5.79. The summed E-state index contributed by atoms with van der Waals surface area (Å²) in [4.78, 5) is 34.0. The fraction of sp³-hybridized carbons (Fsp3) is 0.400. The Morgan fingerprint density at radius 1 is 1.30 bits per heavy atom. The summed E-state index contributed by atoms with van der Waals surface area (Å²) in [5.41, 5.74) is 3.57. The zero-order chi connectivity index (χ0) is 17.8. The van der Waals surface area contributed by atoms with Gasteiger partial charge in [-0.25, -0.2) is 4.39 Å². The maximum Gasteiger partial charge on any atom is 0.303 e. The van der Waals surface area contributed by atoms with Crippen LogP contribution in [0.5, 0.6) is 5.75 Å². The van der Waals surface area contributed by atoms with Gasteiger partial charge in [0.1, 0.15) is 17.2 Å². The molecule has 0 spiro atoms. The van der Waals surface area contributed by atoms with Gasteiger partial charge in [-0.05, 0) is 26.0 Å². The quantitative estimate of drug-likeness (QED) is 0.604. The minimum absolute atomic E-state index is 0.0412. The van der Waals surface area contributed by atoms with Gasteiger partial charge < -0.3 is 15.2 Å². The lowest BCUT2D eigenvalue weighted by atomic mass is 9.96. The fourth-order valence-corrected chi connectivity index (χ4v) is 2.11. The van der Waals surface area contributed by atoms with E-state index in [9.17, 15) is 18.8 Å². The van der Waals surface area contributed by atoms with Crippen LogP contribution < -0.4 is 10.5 Å². The van der Waals surface area contributed by atoms with Crippen LogP contribution in [0.3, 0.4) is 0 Å². The first-order valence-electron chi connectivity index (χ1n) is 6.65. The molecule has 0 bridgehead atoms.